The lowest BCUT2D eigenvalue weighted by Gasteiger charge is -2.19. The van der Waals surface area contributed by atoms with Crippen molar-refractivity contribution in [1.29, 1.82) is 5.26 Å². The van der Waals surface area contributed by atoms with Crippen molar-refractivity contribution in [3.05, 3.63) is 53.7 Å². The van der Waals surface area contributed by atoms with E-state index in [9.17, 15) is 5.26 Å². The van der Waals surface area contributed by atoms with Crippen LogP contribution in [-0.2, 0) is 0 Å². The van der Waals surface area contributed by atoms with Crippen molar-refractivity contribution in [2.24, 2.45) is 0 Å². The summed E-state index contributed by atoms with van der Waals surface area (Å²) in [7, 11) is 1.91. The molecule has 0 aliphatic heterocycles. The van der Waals surface area contributed by atoms with Gasteiger partial charge < -0.3 is 4.90 Å². The highest BCUT2D eigenvalue weighted by Crippen LogP contribution is 2.25. The van der Waals surface area contributed by atoms with Gasteiger partial charge in [0.15, 0.2) is 5.82 Å². The molecule has 84 valence electrons. The molecule has 2 rings (SSSR count). The molecular weight excluding hydrogens is 210 g/mol. The molecule has 1 heterocycles. The monoisotopic (exact) mass is 223 g/mol. The molecule has 2 aromatic rings. The third-order valence-corrected chi connectivity index (χ3v) is 2.71. The summed E-state index contributed by atoms with van der Waals surface area (Å²) in [6.45, 7) is 1.92. The van der Waals surface area contributed by atoms with Gasteiger partial charge in [-0.3, -0.25) is 0 Å². The first-order chi connectivity index (χ1) is 8.24. The number of pyridine rings is 1. The molecule has 0 amide bonds. The Morgan fingerprint density at radius 2 is 1.88 bits per heavy atom. The number of benzene rings is 1. The van der Waals surface area contributed by atoms with Crippen LogP contribution >= 0.6 is 0 Å². The van der Waals surface area contributed by atoms with Crippen LogP contribution in [0.4, 0.5) is 11.5 Å². The van der Waals surface area contributed by atoms with Crippen molar-refractivity contribution in [3.63, 3.8) is 0 Å². The minimum Gasteiger partial charge on any atom is -0.328 e. The zero-order chi connectivity index (χ0) is 12.3. The van der Waals surface area contributed by atoms with Gasteiger partial charge in [0.2, 0.25) is 0 Å². The standard InChI is InChI=1S/C14H13N3/c1-11-8-9-16-14(13(11)10-15)17(2)12-6-4-3-5-7-12/h3-9H,1-2H3. The molecule has 1 aromatic carbocycles. The van der Waals surface area contributed by atoms with Crippen molar-refractivity contribution in [2.45, 2.75) is 6.92 Å². The summed E-state index contributed by atoms with van der Waals surface area (Å²) in [6, 6.07) is 13.9. The molecule has 0 aliphatic rings. The van der Waals surface area contributed by atoms with E-state index in [0.717, 1.165) is 11.3 Å². The molecular formula is C14H13N3. The van der Waals surface area contributed by atoms with Crippen LogP contribution in [0.2, 0.25) is 0 Å². The van der Waals surface area contributed by atoms with Gasteiger partial charge in [-0.25, -0.2) is 4.98 Å². The Labute approximate surface area is 101 Å². The van der Waals surface area contributed by atoms with E-state index in [2.05, 4.69) is 11.1 Å². The zero-order valence-electron chi connectivity index (χ0n) is 9.88. The van der Waals surface area contributed by atoms with Crippen molar-refractivity contribution in [2.75, 3.05) is 11.9 Å². The number of hydrogen-bond acceptors (Lipinski definition) is 3. The summed E-state index contributed by atoms with van der Waals surface area (Å²) in [5.41, 5.74) is 2.58. The lowest BCUT2D eigenvalue weighted by atomic mass is 10.1. The van der Waals surface area contributed by atoms with E-state index in [4.69, 9.17) is 0 Å². The lowest BCUT2D eigenvalue weighted by Crippen LogP contribution is -2.13. The molecule has 0 radical (unpaired) electrons. The van der Waals surface area contributed by atoms with Gasteiger partial charge in [-0.05, 0) is 30.7 Å². The molecule has 3 heteroatoms. The first kappa shape index (κ1) is 11.2. The second-order valence-corrected chi connectivity index (χ2v) is 3.83. The maximum Gasteiger partial charge on any atom is 0.150 e. The molecule has 0 bridgehead atoms. The van der Waals surface area contributed by atoms with Crippen molar-refractivity contribution in [1.82, 2.24) is 4.98 Å². The van der Waals surface area contributed by atoms with Crippen LogP contribution in [0.15, 0.2) is 42.6 Å². The van der Waals surface area contributed by atoms with E-state index in [-0.39, 0.29) is 0 Å². The van der Waals surface area contributed by atoms with Gasteiger partial charge in [0.1, 0.15) is 6.07 Å². The zero-order valence-corrected chi connectivity index (χ0v) is 9.88. The Kier molecular flexibility index (Phi) is 3.06. The summed E-state index contributed by atoms with van der Waals surface area (Å²) in [4.78, 5) is 6.21. The number of nitrogens with zero attached hydrogens (tertiary/aromatic N) is 3. The average molecular weight is 223 g/mol. The van der Waals surface area contributed by atoms with Crippen LogP contribution in [0, 0.1) is 18.3 Å². The minimum absolute atomic E-state index is 0.624. The molecule has 0 saturated carbocycles. The third-order valence-electron chi connectivity index (χ3n) is 2.71. The molecule has 0 N–H and O–H groups in total. The maximum atomic E-state index is 9.18. The fraction of sp³-hybridized carbons (Fsp3) is 0.143. The largest absolute Gasteiger partial charge is 0.328 e. The Morgan fingerprint density at radius 1 is 1.18 bits per heavy atom. The van der Waals surface area contributed by atoms with Gasteiger partial charge >= 0.3 is 0 Å². The molecule has 0 saturated heterocycles. The van der Waals surface area contributed by atoms with Gasteiger partial charge in [0.25, 0.3) is 0 Å². The van der Waals surface area contributed by atoms with Gasteiger partial charge in [-0.1, -0.05) is 18.2 Å². The van der Waals surface area contributed by atoms with Gasteiger partial charge in [0.05, 0.1) is 5.56 Å². The van der Waals surface area contributed by atoms with Crippen LogP contribution in [0.1, 0.15) is 11.1 Å². The maximum absolute atomic E-state index is 9.18. The van der Waals surface area contributed by atoms with E-state index in [1.54, 1.807) is 6.20 Å². The second-order valence-electron chi connectivity index (χ2n) is 3.83. The Balaban J connectivity index is 2.49. The Morgan fingerprint density at radius 3 is 2.53 bits per heavy atom. The predicted molar refractivity (Wildman–Crippen MR) is 68.2 cm³/mol. The highest BCUT2D eigenvalue weighted by molar-refractivity contribution is 5.66. The summed E-state index contributed by atoms with van der Waals surface area (Å²) in [6.07, 6.45) is 1.73. The number of para-hydroxylation sites is 1. The van der Waals surface area contributed by atoms with E-state index in [0.29, 0.717) is 11.4 Å². The summed E-state index contributed by atoms with van der Waals surface area (Å²) < 4.78 is 0. The van der Waals surface area contributed by atoms with E-state index < -0.39 is 0 Å². The quantitative estimate of drug-likeness (QED) is 0.785. The predicted octanol–water partition coefficient (Wildman–Crippen LogP) is 3.03. The summed E-state index contributed by atoms with van der Waals surface area (Å²) in [5, 5.41) is 9.18. The fourth-order valence-corrected chi connectivity index (χ4v) is 1.71. The lowest BCUT2D eigenvalue weighted by molar-refractivity contribution is 1.10. The molecule has 0 aliphatic carbocycles. The number of hydrogen-bond donors (Lipinski definition) is 0. The minimum atomic E-state index is 0.624. The normalized spacial score (nSPS) is 9.71. The van der Waals surface area contributed by atoms with Gasteiger partial charge in [-0.2, -0.15) is 5.26 Å². The fourth-order valence-electron chi connectivity index (χ4n) is 1.71. The summed E-state index contributed by atoms with van der Waals surface area (Å²) >= 11 is 0. The van der Waals surface area contributed by atoms with E-state index >= 15 is 0 Å². The molecule has 3 nitrogen and oxygen atoms in total. The number of aromatic nitrogens is 1. The van der Waals surface area contributed by atoms with Crippen LogP contribution in [0.5, 0.6) is 0 Å². The first-order valence-electron chi connectivity index (χ1n) is 5.38. The molecule has 0 spiro atoms. The first-order valence-corrected chi connectivity index (χ1v) is 5.38. The van der Waals surface area contributed by atoms with Crippen molar-refractivity contribution in [3.8, 4) is 6.07 Å². The van der Waals surface area contributed by atoms with Crippen molar-refractivity contribution >= 4 is 11.5 Å². The van der Waals surface area contributed by atoms with Gasteiger partial charge in [-0.15, -0.1) is 0 Å². The van der Waals surface area contributed by atoms with Crippen LogP contribution in [-0.4, -0.2) is 12.0 Å². The van der Waals surface area contributed by atoms with Gasteiger partial charge in [0, 0.05) is 18.9 Å². The Hall–Kier alpha value is -2.34. The number of rotatable bonds is 2. The van der Waals surface area contributed by atoms with E-state index in [1.807, 2.05) is 55.3 Å². The average Bonchev–Trinajstić information content (AvgIpc) is 2.38. The summed E-state index contributed by atoms with van der Waals surface area (Å²) in [5.74, 6) is 0.693. The number of aryl methyl sites for hydroxylation is 1. The van der Waals surface area contributed by atoms with Crippen LogP contribution in [0.3, 0.4) is 0 Å². The third kappa shape index (κ3) is 2.11. The molecule has 0 fully saturated rings. The van der Waals surface area contributed by atoms with Crippen LogP contribution in [0.25, 0.3) is 0 Å². The molecule has 17 heavy (non-hydrogen) atoms. The molecule has 1 aromatic heterocycles. The highest BCUT2D eigenvalue weighted by atomic mass is 15.2. The molecule has 0 atom stereocenters. The highest BCUT2D eigenvalue weighted by Gasteiger charge is 2.12. The van der Waals surface area contributed by atoms with Crippen LogP contribution < -0.4 is 4.90 Å². The number of anilines is 2. The van der Waals surface area contributed by atoms with Crippen molar-refractivity contribution < 1.29 is 0 Å². The van der Waals surface area contributed by atoms with E-state index in [1.165, 1.54) is 0 Å². The Bertz CT molecular complexity index is 555. The smallest absolute Gasteiger partial charge is 0.150 e. The SMILES string of the molecule is Cc1ccnc(N(C)c2ccccc2)c1C#N. The topological polar surface area (TPSA) is 39.9 Å². The molecule has 0 unspecified atom stereocenters. The second kappa shape index (κ2) is 4.67. The number of nitriles is 1.